The van der Waals surface area contributed by atoms with Gasteiger partial charge in [0.1, 0.15) is 6.26 Å². The predicted octanol–water partition coefficient (Wildman–Crippen LogP) is 0.965. The van der Waals surface area contributed by atoms with Crippen molar-refractivity contribution in [1.29, 1.82) is 0 Å². The van der Waals surface area contributed by atoms with Crippen molar-refractivity contribution in [1.82, 2.24) is 10.3 Å². The zero-order chi connectivity index (χ0) is 12.1. The Kier molecular flexibility index (Phi) is 3.30. The topological polar surface area (TPSA) is 72.2 Å². The predicted molar refractivity (Wildman–Crippen MR) is 60.4 cm³/mol. The minimum atomic E-state index is -0.476. The third kappa shape index (κ3) is 3.01. The van der Waals surface area contributed by atoms with E-state index in [2.05, 4.69) is 14.7 Å². The van der Waals surface area contributed by atoms with Gasteiger partial charge in [-0.25, -0.2) is 4.79 Å². The first-order valence-electron chi connectivity index (χ1n) is 5.01. The summed E-state index contributed by atoms with van der Waals surface area (Å²) in [6.45, 7) is 0.403. The summed E-state index contributed by atoms with van der Waals surface area (Å²) in [5, 5.41) is 2.71. The van der Waals surface area contributed by atoms with Crippen molar-refractivity contribution in [3.8, 4) is 0 Å². The highest BCUT2D eigenvalue weighted by Gasteiger charge is 2.05. The molecule has 0 spiro atoms. The summed E-state index contributed by atoms with van der Waals surface area (Å²) in [6.07, 6.45) is 4.45. The van der Waals surface area contributed by atoms with Crippen LogP contribution >= 0.6 is 0 Å². The molecule has 0 aliphatic carbocycles. The first-order valence-corrected chi connectivity index (χ1v) is 5.01. The molecule has 2 aromatic rings. The molecule has 0 fully saturated rings. The fourth-order valence-electron chi connectivity index (χ4n) is 1.27. The molecule has 0 atom stereocenters. The van der Waals surface area contributed by atoms with Gasteiger partial charge in [0, 0.05) is 25.0 Å². The molecule has 0 saturated carbocycles. The fraction of sp³-hybridized carbons (Fsp3) is 0.0833. The molecule has 1 N–H and O–H groups in total. The van der Waals surface area contributed by atoms with Crippen LogP contribution in [0.1, 0.15) is 15.9 Å². The number of nitrogens with one attached hydrogen (secondary N) is 1. The van der Waals surface area contributed by atoms with Gasteiger partial charge in [-0.05, 0) is 23.8 Å². The number of pyridine rings is 1. The van der Waals surface area contributed by atoms with E-state index in [1.807, 2.05) is 12.1 Å². The van der Waals surface area contributed by atoms with Crippen LogP contribution in [0.3, 0.4) is 0 Å². The summed E-state index contributed by atoms with van der Waals surface area (Å²) in [5.74, 6) is -0.287. The molecule has 0 radical (unpaired) electrons. The lowest BCUT2D eigenvalue weighted by Gasteiger charge is -2.03. The van der Waals surface area contributed by atoms with Crippen LogP contribution in [0.25, 0.3) is 0 Å². The molecule has 0 aliphatic rings. The van der Waals surface area contributed by atoms with E-state index in [1.54, 1.807) is 12.4 Å². The first kappa shape index (κ1) is 11.1. The van der Waals surface area contributed by atoms with Crippen molar-refractivity contribution in [3.05, 3.63) is 64.5 Å². The zero-order valence-corrected chi connectivity index (χ0v) is 8.92. The van der Waals surface area contributed by atoms with E-state index in [0.717, 1.165) is 11.8 Å². The maximum atomic E-state index is 11.6. The molecule has 2 heterocycles. The van der Waals surface area contributed by atoms with Crippen LogP contribution in [0.15, 0.2) is 52.1 Å². The quantitative estimate of drug-likeness (QED) is 0.852. The standard InChI is InChI=1S/C12H10N2O3/c15-11-2-1-10(8-17-11)12(16)14-7-9-3-5-13-6-4-9/h1-6,8H,7H2,(H,14,16). The maximum absolute atomic E-state index is 11.6. The Bertz CT molecular complexity index is 543. The summed E-state index contributed by atoms with van der Waals surface area (Å²) < 4.78 is 4.61. The average molecular weight is 230 g/mol. The molecular weight excluding hydrogens is 220 g/mol. The van der Waals surface area contributed by atoms with Crippen molar-refractivity contribution < 1.29 is 9.21 Å². The zero-order valence-electron chi connectivity index (χ0n) is 8.92. The highest BCUT2D eigenvalue weighted by Crippen LogP contribution is 1.98. The molecule has 0 bridgehead atoms. The van der Waals surface area contributed by atoms with Gasteiger partial charge in [-0.1, -0.05) is 0 Å². The molecule has 0 aromatic carbocycles. The Labute approximate surface area is 97.1 Å². The van der Waals surface area contributed by atoms with Gasteiger partial charge in [0.25, 0.3) is 5.91 Å². The maximum Gasteiger partial charge on any atom is 0.335 e. The average Bonchev–Trinajstić information content (AvgIpc) is 2.38. The lowest BCUT2D eigenvalue weighted by Crippen LogP contribution is -2.23. The van der Waals surface area contributed by atoms with Crippen molar-refractivity contribution >= 4 is 5.91 Å². The second-order valence-corrected chi connectivity index (χ2v) is 3.38. The van der Waals surface area contributed by atoms with E-state index in [-0.39, 0.29) is 5.91 Å². The molecule has 5 nitrogen and oxygen atoms in total. The number of aromatic nitrogens is 1. The van der Waals surface area contributed by atoms with Crippen molar-refractivity contribution in [3.63, 3.8) is 0 Å². The summed E-state index contributed by atoms with van der Waals surface area (Å²) in [6, 6.07) is 6.26. The Hall–Kier alpha value is -2.43. The van der Waals surface area contributed by atoms with E-state index in [9.17, 15) is 9.59 Å². The monoisotopic (exact) mass is 230 g/mol. The largest absolute Gasteiger partial charge is 0.430 e. The molecule has 0 saturated heterocycles. The van der Waals surface area contributed by atoms with Crippen LogP contribution < -0.4 is 10.9 Å². The molecular formula is C12H10N2O3. The van der Waals surface area contributed by atoms with Crippen molar-refractivity contribution in [2.45, 2.75) is 6.54 Å². The van der Waals surface area contributed by atoms with Crippen LogP contribution in [-0.2, 0) is 6.54 Å². The summed E-state index contributed by atoms with van der Waals surface area (Å²) >= 11 is 0. The SMILES string of the molecule is O=C(NCc1ccncc1)c1ccc(=O)oc1. The van der Waals surface area contributed by atoms with Gasteiger partial charge in [-0.15, -0.1) is 0 Å². The third-order valence-electron chi connectivity index (χ3n) is 2.17. The van der Waals surface area contributed by atoms with Crippen molar-refractivity contribution in [2.24, 2.45) is 0 Å². The van der Waals surface area contributed by atoms with Gasteiger partial charge >= 0.3 is 5.63 Å². The van der Waals surface area contributed by atoms with E-state index in [0.29, 0.717) is 12.1 Å². The third-order valence-corrected chi connectivity index (χ3v) is 2.17. The lowest BCUT2D eigenvalue weighted by atomic mass is 10.2. The molecule has 1 amide bonds. The number of amides is 1. The minimum Gasteiger partial charge on any atom is -0.430 e. The Balaban J connectivity index is 1.98. The number of hydrogen-bond acceptors (Lipinski definition) is 4. The van der Waals surface area contributed by atoms with Crippen LogP contribution in [0.2, 0.25) is 0 Å². The van der Waals surface area contributed by atoms with Gasteiger partial charge in [-0.2, -0.15) is 0 Å². The Morgan fingerprint density at radius 1 is 1.24 bits per heavy atom. The van der Waals surface area contributed by atoms with Gasteiger partial charge in [0.15, 0.2) is 0 Å². The van der Waals surface area contributed by atoms with E-state index in [1.165, 1.54) is 12.1 Å². The fourth-order valence-corrected chi connectivity index (χ4v) is 1.27. The van der Waals surface area contributed by atoms with Gasteiger partial charge < -0.3 is 9.73 Å². The number of carbonyl (C=O) groups is 1. The number of carbonyl (C=O) groups excluding carboxylic acids is 1. The molecule has 86 valence electrons. The first-order chi connectivity index (χ1) is 8.25. The van der Waals surface area contributed by atoms with E-state index < -0.39 is 5.63 Å². The summed E-state index contributed by atoms with van der Waals surface area (Å²) in [5.41, 5.74) is 0.792. The molecule has 2 aromatic heterocycles. The second-order valence-electron chi connectivity index (χ2n) is 3.38. The lowest BCUT2D eigenvalue weighted by molar-refractivity contribution is 0.0948. The van der Waals surface area contributed by atoms with E-state index >= 15 is 0 Å². The smallest absolute Gasteiger partial charge is 0.335 e. The van der Waals surface area contributed by atoms with Crippen LogP contribution in [0.4, 0.5) is 0 Å². The number of nitrogens with zero attached hydrogens (tertiary/aromatic N) is 1. The highest BCUT2D eigenvalue weighted by atomic mass is 16.4. The molecule has 0 aliphatic heterocycles. The summed E-state index contributed by atoms with van der Waals surface area (Å²) in [4.78, 5) is 26.2. The van der Waals surface area contributed by atoms with Crippen molar-refractivity contribution in [2.75, 3.05) is 0 Å². The number of hydrogen-bond donors (Lipinski definition) is 1. The Morgan fingerprint density at radius 2 is 2.00 bits per heavy atom. The van der Waals surface area contributed by atoms with E-state index in [4.69, 9.17) is 0 Å². The molecule has 2 rings (SSSR count). The summed E-state index contributed by atoms with van der Waals surface area (Å²) in [7, 11) is 0. The van der Waals surface area contributed by atoms with Gasteiger partial charge in [0.2, 0.25) is 0 Å². The van der Waals surface area contributed by atoms with Crippen LogP contribution in [0.5, 0.6) is 0 Å². The second kappa shape index (κ2) is 5.07. The Morgan fingerprint density at radius 3 is 2.65 bits per heavy atom. The number of rotatable bonds is 3. The molecule has 5 heteroatoms. The van der Waals surface area contributed by atoms with Gasteiger partial charge in [0.05, 0.1) is 5.56 Å². The van der Waals surface area contributed by atoms with Crippen LogP contribution in [-0.4, -0.2) is 10.9 Å². The highest BCUT2D eigenvalue weighted by molar-refractivity contribution is 5.93. The minimum absolute atomic E-state index is 0.287. The molecule has 0 unspecified atom stereocenters. The van der Waals surface area contributed by atoms with Crippen LogP contribution in [0, 0.1) is 0 Å². The molecule has 17 heavy (non-hydrogen) atoms. The normalized spacial score (nSPS) is 9.88. The van der Waals surface area contributed by atoms with Gasteiger partial charge in [-0.3, -0.25) is 9.78 Å².